The SMILES string of the molecule is C[C@H](OC(=O)[C@H](O)[C@@H](O)C(=O)OC1=CC[C@@]2(O)[C@H]3Cc4ccc(O)c5c4[C@@]2(CCN3C)[C@H]1O5)C(=O)O[C@H](CC(=O)O)C(=O)O. The summed E-state index contributed by atoms with van der Waals surface area (Å²) in [6, 6.07) is 2.92. The second-order valence-corrected chi connectivity index (χ2v) is 11.4. The third-order valence-corrected chi connectivity index (χ3v) is 8.87. The molecule has 2 aliphatic carbocycles. The van der Waals surface area contributed by atoms with Crippen LogP contribution in [0.5, 0.6) is 11.5 Å². The highest BCUT2D eigenvalue weighted by molar-refractivity contribution is 5.88. The molecule has 1 spiro atoms. The Hall–Kier alpha value is -4.25. The first-order chi connectivity index (χ1) is 20.6. The van der Waals surface area contributed by atoms with Crippen LogP contribution in [0.3, 0.4) is 0 Å². The fraction of sp³-hybridized carbons (Fsp3) is 0.536. The number of benzene rings is 1. The summed E-state index contributed by atoms with van der Waals surface area (Å²) < 4.78 is 20.7. The minimum atomic E-state index is -2.56. The highest BCUT2D eigenvalue weighted by atomic mass is 16.6. The predicted octanol–water partition coefficient (Wildman–Crippen LogP) is -1.66. The number of aromatic hydroxyl groups is 1. The number of likely N-dealkylation sites (N-methyl/N-ethyl adjacent to an activating group) is 1. The van der Waals surface area contributed by atoms with Crippen molar-refractivity contribution in [2.45, 2.75) is 80.2 Å². The summed E-state index contributed by atoms with van der Waals surface area (Å²) in [4.78, 5) is 61.4. The molecule has 16 nitrogen and oxygen atoms in total. The number of aliphatic hydroxyl groups excluding tert-OH is 2. The van der Waals surface area contributed by atoms with Gasteiger partial charge in [0.05, 0.1) is 17.4 Å². The van der Waals surface area contributed by atoms with E-state index < -0.39 is 77.8 Å². The van der Waals surface area contributed by atoms with Crippen LogP contribution in [0, 0.1) is 0 Å². The number of rotatable bonds is 10. The lowest BCUT2D eigenvalue weighted by atomic mass is 9.50. The number of phenolic OH excluding ortho intramolecular Hbond substituents is 1. The van der Waals surface area contributed by atoms with Gasteiger partial charge in [-0.1, -0.05) is 6.07 Å². The van der Waals surface area contributed by atoms with Gasteiger partial charge in [-0.3, -0.25) is 4.79 Å². The van der Waals surface area contributed by atoms with Crippen molar-refractivity contribution in [1.29, 1.82) is 0 Å². The number of likely N-dealkylation sites (tertiary alicyclic amines) is 1. The van der Waals surface area contributed by atoms with Gasteiger partial charge in [0.1, 0.15) is 5.76 Å². The van der Waals surface area contributed by atoms with Gasteiger partial charge in [-0.25, -0.2) is 19.2 Å². The number of hydrogen-bond donors (Lipinski definition) is 6. The molecule has 2 heterocycles. The molecule has 238 valence electrons. The van der Waals surface area contributed by atoms with Crippen LogP contribution in [0.2, 0.25) is 0 Å². The summed E-state index contributed by atoms with van der Waals surface area (Å²) in [5.74, 6) is -8.09. The van der Waals surface area contributed by atoms with Crippen molar-refractivity contribution in [3.63, 3.8) is 0 Å². The van der Waals surface area contributed by atoms with Crippen molar-refractivity contribution in [1.82, 2.24) is 4.90 Å². The van der Waals surface area contributed by atoms with Crippen molar-refractivity contribution in [2.24, 2.45) is 0 Å². The van der Waals surface area contributed by atoms with Gasteiger partial charge in [0, 0.05) is 18.0 Å². The van der Waals surface area contributed by atoms with Crippen LogP contribution in [-0.4, -0.2) is 121 Å². The molecule has 2 aliphatic heterocycles. The van der Waals surface area contributed by atoms with E-state index >= 15 is 0 Å². The number of aliphatic carboxylic acids is 2. The summed E-state index contributed by atoms with van der Waals surface area (Å²) in [6.07, 6.45) is -8.88. The van der Waals surface area contributed by atoms with Gasteiger partial charge < -0.3 is 54.5 Å². The Kier molecular flexibility index (Phi) is 7.82. The molecule has 1 fully saturated rings. The van der Waals surface area contributed by atoms with Crippen LogP contribution in [-0.2, 0) is 50.0 Å². The van der Waals surface area contributed by atoms with Gasteiger partial charge in [-0.2, -0.15) is 0 Å². The molecule has 6 N–H and O–H groups in total. The molecule has 0 amide bonds. The number of nitrogens with zero attached hydrogens (tertiary/aromatic N) is 1. The summed E-state index contributed by atoms with van der Waals surface area (Å²) >= 11 is 0. The molecule has 16 heteroatoms. The van der Waals surface area contributed by atoms with Gasteiger partial charge in [0.25, 0.3) is 0 Å². The molecule has 1 aromatic carbocycles. The number of carbonyl (C=O) groups excluding carboxylic acids is 3. The number of esters is 3. The lowest BCUT2D eigenvalue weighted by Gasteiger charge is -2.61. The summed E-state index contributed by atoms with van der Waals surface area (Å²) in [5, 5.41) is 61.2. The average molecular weight is 622 g/mol. The summed E-state index contributed by atoms with van der Waals surface area (Å²) in [5.41, 5.74) is -0.987. The maximum Gasteiger partial charge on any atom is 0.348 e. The lowest BCUT2D eigenvalue weighted by molar-refractivity contribution is -0.186. The minimum absolute atomic E-state index is 0.0263. The number of carboxylic acid groups (broad SMARTS) is 2. The van der Waals surface area contributed by atoms with Gasteiger partial charge in [-0.15, -0.1) is 0 Å². The van der Waals surface area contributed by atoms with Gasteiger partial charge in [0.15, 0.2) is 35.9 Å². The largest absolute Gasteiger partial charge is 0.504 e. The Balaban J connectivity index is 1.29. The van der Waals surface area contributed by atoms with E-state index in [0.29, 0.717) is 24.9 Å². The van der Waals surface area contributed by atoms with Crippen molar-refractivity contribution >= 4 is 29.8 Å². The standard InChI is InChI=1S/C28H31NO15/c1-11(24(37)43-15(23(35)36)10-17(31)32)41-25(38)19(33)20(34)26(39)42-14-5-6-28(40)16-9-12-3-4-13(30)21-18(12)27(28,22(14)44-21)7-8-29(16)2/h3-5,11,15-16,19-20,22,30,33-34,40H,6-10H2,1-2H3,(H,31,32)(H,35,36)/t11-,15+,16+,19+,20+,22-,27-,28+/m0/s1. The van der Waals surface area contributed by atoms with Crippen LogP contribution >= 0.6 is 0 Å². The molecular weight excluding hydrogens is 590 g/mol. The van der Waals surface area contributed by atoms with Crippen molar-refractivity contribution in [3.8, 4) is 11.5 Å². The molecule has 0 saturated carbocycles. The van der Waals surface area contributed by atoms with Gasteiger partial charge in [0.2, 0.25) is 6.10 Å². The second kappa shape index (κ2) is 11.0. The number of aliphatic hydroxyl groups is 3. The first-order valence-corrected chi connectivity index (χ1v) is 13.7. The topological polar surface area (TPSA) is 247 Å². The van der Waals surface area contributed by atoms with Crippen LogP contribution < -0.4 is 4.74 Å². The highest BCUT2D eigenvalue weighted by Crippen LogP contribution is 2.65. The number of phenols is 1. The number of carboxylic acids is 2. The molecule has 0 unspecified atom stereocenters. The number of carbonyl (C=O) groups is 5. The van der Waals surface area contributed by atoms with E-state index in [0.717, 1.165) is 12.5 Å². The smallest absolute Gasteiger partial charge is 0.348 e. The molecule has 1 aromatic rings. The van der Waals surface area contributed by atoms with Gasteiger partial charge in [-0.05, 0) is 51.1 Å². The van der Waals surface area contributed by atoms with Crippen LogP contribution in [0.1, 0.15) is 37.3 Å². The maximum absolute atomic E-state index is 12.9. The third kappa shape index (κ3) is 4.74. The Morgan fingerprint density at radius 1 is 1.07 bits per heavy atom. The Bertz CT molecular complexity index is 1460. The molecule has 5 rings (SSSR count). The molecule has 2 bridgehead atoms. The van der Waals surface area contributed by atoms with E-state index in [4.69, 9.17) is 19.7 Å². The van der Waals surface area contributed by atoms with E-state index in [1.807, 2.05) is 11.9 Å². The molecule has 0 aromatic heterocycles. The molecular formula is C28H31NO15. The van der Waals surface area contributed by atoms with E-state index in [1.54, 1.807) is 6.07 Å². The number of piperidine rings is 1. The Morgan fingerprint density at radius 2 is 1.75 bits per heavy atom. The highest BCUT2D eigenvalue weighted by Gasteiger charge is 2.72. The third-order valence-electron chi connectivity index (χ3n) is 8.87. The fourth-order valence-corrected chi connectivity index (χ4v) is 6.74. The monoisotopic (exact) mass is 621 g/mol. The quantitative estimate of drug-likeness (QED) is 0.126. The fourth-order valence-electron chi connectivity index (χ4n) is 6.74. The molecule has 1 saturated heterocycles. The zero-order chi connectivity index (χ0) is 32.3. The van der Waals surface area contributed by atoms with Crippen LogP contribution in [0.15, 0.2) is 24.0 Å². The van der Waals surface area contributed by atoms with E-state index in [9.17, 15) is 44.4 Å². The average Bonchev–Trinajstić information content (AvgIpc) is 3.32. The maximum atomic E-state index is 12.9. The summed E-state index contributed by atoms with van der Waals surface area (Å²) in [6.45, 7) is 1.49. The predicted molar refractivity (Wildman–Crippen MR) is 140 cm³/mol. The molecule has 8 atom stereocenters. The summed E-state index contributed by atoms with van der Waals surface area (Å²) in [7, 11) is 1.89. The zero-order valence-corrected chi connectivity index (χ0v) is 23.5. The van der Waals surface area contributed by atoms with Gasteiger partial charge >= 0.3 is 29.8 Å². The number of hydrogen-bond acceptors (Lipinski definition) is 14. The first-order valence-electron chi connectivity index (χ1n) is 13.7. The Labute approximate surface area is 249 Å². The van der Waals surface area contributed by atoms with Crippen LogP contribution in [0.4, 0.5) is 0 Å². The van der Waals surface area contributed by atoms with E-state index in [2.05, 4.69) is 9.47 Å². The lowest BCUT2D eigenvalue weighted by Crippen LogP contribution is -2.74. The second-order valence-electron chi connectivity index (χ2n) is 11.4. The van der Waals surface area contributed by atoms with E-state index in [1.165, 1.54) is 12.1 Å². The van der Waals surface area contributed by atoms with Crippen LogP contribution in [0.25, 0.3) is 0 Å². The molecule has 44 heavy (non-hydrogen) atoms. The van der Waals surface area contributed by atoms with E-state index in [-0.39, 0.29) is 29.7 Å². The first kappa shape index (κ1) is 31.2. The zero-order valence-electron chi connectivity index (χ0n) is 23.5. The van der Waals surface area contributed by atoms with Crippen molar-refractivity contribution in [3.05, 3.63) is 35.1 Å². The van der Waals surface area contributed by atoms with Crippen molar-refractivity contribution < 1.29 is 73.6 Å². The molecule has 4 aliphatic rings. The normalized spacial score (nSPS) is 29.1. The molecule has 0 radical (unpaired) electrons. The Morgan fingerprint density at radius 3 is 2.41 bits per heavy atom. The minimum Gasteiger partial charge on any atom is -0.504 e. The number of ether oxygens (including phenoxy) is 4. The van der Waals surface area contributed by atoms with Crippen molar-refractivity contribution in [2.75, 3.05) is 13.6 Å².